The molecule has 0 aromatic rings. The molecule has 1 aliphatic carbocycles. The number of morpholine rings is 1. The maximum absolute atomic E-state index is 5.99. The molecule has 2 aliphatic rings. The van der Waals surface area contributed by atoms with Gasteiger partial charge in [-0.2, -0.15) is 0 Å². The van der Waals surface area contributed by atoms with E-state index >= 15 is 0 Å². The summed E-state index contributed by atoms with van der Waals surface area (Å²) in [6, 6.07) is 0.415. The van der Waals surface area contributed by atoms with E-state index in [1.54, 1.807) is 0 Å². The Morgan fingerprint density at radius 1 is 1.43 bits per heavy atom. The summed E-state index contributed by atoms with van der Waals surface area (Å²) < 4.78 is 11.5. The van der Waals surface area contributed by atoms with Gasteiger partial charge in [-0.05, 0) is 19.8 Å². The molecule has 1 saturated carbocycles. The molecular weight excluding hydrogens is 178 g/mol. The van der Waals surface area contributed by atoms with Crippen LogP contribution in [0.4, 0.5) is 0 Å². The van der Waals surface area contributed by atoms with Crippen LogP contribution < -0.4 is 5.32 Å². The van der Waals surface area contributed by atoms with Crippen LogP contribution in [-0.4, -0.2) is 38.0 Å². The van der Waals surface area contributed by atoms with E-state index in [2.05, 4.69) is 5.32 Å². The first-order chi connectivity index (χ1) is 6.87. The predicted molar refractivity (Wildman–Crippen MR) is 55.4 cm³/mol. The summed E-state index contributed by atoms with van der Waals surface area (Å²) in [5, 5.41) is 3.54. The van der Waals surface area contributed by atoms with Crippen molar-refractivity contribution < 1.29 is 9.47 Å². The second-order valence-corrected chi connectivity index (χ2v) is 4.29. The fourth-order valence-electron chi connectivity index (χ4n) is 2.69. The predicted octanol–water partition coefficient (Wildman–Crippen LogP) is 1.32. The molecule has 2 fully saturated rings. The largest absolute Gasteiger partial charge is 0.380 e. The summed E-state index contributed by atoms with van der Waals surface area (Å²) in [7, 11) is 0. The standard InChI is InChI=1S/C11H21NO2/c1-2-13-9-10-11(5-3-4-6-11)14-8-7-12-10/h10,12H,2-9H2,1H3. The number of hydrogen-bond donors (Lipinski definition) is 1. The highest BCUT2D eigenvalue weighted by Crippen LogP contribution is 2.37. The van der Waals surface area contributed by atoms with Gasteiger partial charge in [0.15, 0.2) is 0 Å². The van der Waals surface area contributed by atoms with Crippen molar-refractivity contribution in [2.24, 2.45) is 0 Å². The number of hydrogen-bond acceptors (Lipinski definition) is 3. The first-order valence-electron chi connectivity index (χ1n) is 5.82. The molecular formula is C11H21NO2. The van der Waals surface area contributed by atoms with Crippen molar-refractivity contribution in [3.05, 3.63) is 0 Å². The van der Waals surface area contributed by atoms with Gasteiger partial charge < -0.3 is 14.8 Å². The zero-order chi connectivity index (χ0) is 9.86. The minimum absolute atomic E-state index is 0.105. The van der Waals surface area contributed by atoms with Crippen molar-refractivity contribution >= 4 is 0 Å². The molecule has 1 unspecified atom stereocenters. The molecule has 1 N–H and O–H groups in total. The number of ether oxygens (including phenoxy) is 2. The molecule has 0 radical (unpaired) electrons. The minimum atomic E-state index is 0.105. The van der Waals surface area contributed by atoms with E-state index in [0.717, 1.165) is 26.4 Å². The summed E-state index contributed by atoms with van der Waals surface area (Å²) in [6.07, 6.45) is 5.03. The molecule has 1 spiro atoms. The van der Waals surface area contributed by atoms with E-state index < -0.39 is 0 Å². The molecule has 1 atom stereocenters. The van der Waals surface area contributed by atoms with Crippen molar-refractivity contribution in [3.63, 3.8) is 0 Å². The lowest BCUT2D eigenvalue weighted by molar-refractivity contribution is -0.108. The number of nitrogens with one attached hydrogen (secondary N) is 1. The average molecular weight is 199 g/mol. The van der Waals surface area contributed by atoms with Crippen LogP contribution in [0.1, 0.15) is 32.6 Å². The van der Waals surface area contributed by atoms with Crippen LogP contribution in [0.2, 0.25) is 0 Å². The van der Waals surface area contributed by atoms with Gasteiger partial charge in [-0.25, -0.2) is 0 Å². The van der Waals surface area contributed by atoms with Gasteiger partial charge in [0.1, 0.15) is 0 Å². The Labute approximate surface area is 86.2 Å². The van der Waals surface area contributed by atoms with Crippen LogP contribution in [0.5, 0.6) is 0 Å². The van der Waals surface area contributed by atoms with Gasteiger partial charge >= 0.3 is 0 Å². The molecule has 82 valence electrons. The van der Waals surface area contributed by atoms with Gasteiger partial charge in [-0.1, -0.05) is 12.8 Å². The fourth-order valence-corrected chi connectivity index (χ4v) is 2.69. The van der Waals surface area contributed by atoms with Crippen molar-refractivity contribution in [1.29, 1.82) is 0 Å². The zero-order valence-corrected chi connectivity index (χ0v) is 9.05. The van der Waals surface area contributed by atoms with Gasteiger partial charge in [0.2, 0.25) is 0 Å². The van der Waals surface area contributed by atoms with Crippen molar-refractivity contribution in [2.75, 3.05) is 26.4 Å². The smallest absolute Gasteiger partial charge is 0.0857 e. The lowest BCUT2D eigenvalue weighted by atomic mass is 9.91. The monoisotopic (exact) mass is 199 g/mol. The van der Waals surface area contributed by atoms with Crippen LogP contribution in [0.3, 0.4) is 0 Å². The van der Waals surface area contributed by atoms with E-state index in [-0.39, 0.29) is 5.60 Å². The SMILES string of the molecule is CCOCC1NCCOC12CCCC2. The van der Waals surface area contributed by atoms with E-state index in [9.17, 15) is 0 Å². The summed E-state index contributed by atoms with van der Waals surface area (Å²) in [5.41, 5.74) is 0.105. The Kier molecular flexibility index (Phi) is 3.42. The molecule has 0 bridgehead atoms. The maximum Gasteiger partial charge on any atom is 0.0857 e. The molecule has 0 aromatic heterocycles. The van der Waals surface area contributed by atoms with Crippen LogP contribution in [0.15, 0.2) is 0 Å². The molecule has 1 aliphatic heterocycles. The molecule has 0 amide bonds. The second kappa shape index (κ2) is 4.60. The molecule has 1 heterocycles. The Morgan fingerprint density at radius 3 is 2.93 bits per heavy atom. The zero-order valence-electron chi connectivity index (χ0n) is 9.05. The Balaban J connectivity index is 1.95. The fraction of sp³-hybridized carbons (Fsp3) is 1.00. The van der Waals surface area contributed by atoms with Crippen LogP contribution in [0.25, 0.3) is 0 Å². The molecule has 1 saturated heterocycles. The minimum Gasteiger partial charge on any atom is -0.380 e. The third-order valence-electron chi connectivity index (χ3n) is 3.46. The van der Waals surface area contributed by atoms with Gasteiger partial charge in [0.25, 0.3) is 0 Å². The highest BCUT2D eigenvalue weighted by atomic mass is 16.5. The molecule has 2 rings (SSSR count). The van der Waals surface area contributed by atoms with Gasteiger partial charge in [-0.15, -0.1) is 0 Å². The number of rotatable bonds is 3. The third-order valence-corrected chi connectivity index (χ3v) is 3.46. The third kappa shape index (κ3) is 1.95. The summed E-state index contributed by atoms with van der Waals surface area (Å²) in [6.45, 7) is 5.48. The van der Waals surface area contributed by atoms with Crippen molar-refractivity contribution in [2.45, 2.75) is 44.2 Å². The van der Waals surface area contributed by atoms with Crippen LogP contribution >= 0.6 is 0 Å². The van der Waals surface area contributed by atoms with Crippen LogP contribution in [0, 0.1) is 0 Å². The second-order valence-electron chi connectivity index (χ2n) is 4.29. The summed E-state index contributed by atoms with van der Waals surface area (Å²) in [4.78, 5) is 0. The average Bonchev–Trinajstić information content (AvgIpc) is 2.66. The maximum atomic E-state index is 5.99. The highest BCUT2D eigenvalue weighted by molar-refractivity contribution is 4.99. The highest BCUT2D eigenvalue weighted by Gasteiger charge is 2.44. The summed E-state index contributed by atoms with van der Waals surface area (Å²) >= 11 is 0. The Hall–Kier alpha value is -0.120. The Morgan fingerprint density at radius 2 is 2.21 bits per heavy atom. The normalized spacial score (nSPS) is 31.1. The molecule has 3 heteroatoms. The van der Waals surface area contributed by atoms with Crippen LogP contribution in [-0.2, 0) is 9.47 Å². The van der Waals surface area contributed by atoms with Crippen molar-refractivity contribution in [1.82, 2.24) is 5.32 Å². The first-order valence-corrected chi connectivity index (χ1v) is 5.82. The topological polar surface area (TPSA) is 30.5 Å². The lowest BCUT2D eigenvalue weighted by Gasteiger charge is -2.41. The Bertz CT molecular complexity index is 178. The molecule has 0 aromatic carbocycles. The summed E-state index contributed by atoms with van der Waals surface area (Å²) in [5.74, 6) is 0. The lowest BCUT2D eigenvalue weighted by Crippen LogP contribution is -2.58. The van der Waals surface area contributed by atoms with Gasteiger partial charge in [-0.3, -0.25) is 0 Å². The first kappa shape index (κ1) is 10.4. The molecule has 14 heavy (non-hydrogen) atoms. The van der Waals surface area contributed by atoms with E-state index in [4.69, 9.17) is 9.47 Å². The van der Waals surface area contributed by atoms with E-state index in [0.29, 0.717) is 6.04 Å². The van der Waals surface area contributed by atoms with E-state index in [1.165, 1.54) is 25.7 Å². The van der Waals surface area contributed by atoms with E-state index in [1.807, 2.05) is 6.92 Å². The quantitative estimate of drug-likeness (QED) is 0.743. The van der Waals surface area contributed by atoms with Gasteiger partial charge in [0.05, 0.1) is 24.9 Å². The van der Waals surface area contributed by atoms with Crippen molar-refractivity contribution in [3.8, 4) is 0 Å². The molecule has 3 nitrogen and oxygen atoms in total. The van der Waals surface area contributed by atoms with Gasteiger partial charge in [0, 0.05) is 13.2 Å².